The summed E-state index contributed by atoms with van der Waals surface area (Å²) in [5, 5.41) is 9.98. The van der Waals surface area contributed by atoms with E-state index in [9.17, 15) is 4.79 Å². The normalized spacial score (nSPS) is 14.0. The molecule has 0 aliphatic carbocycles. The number of amides is 2. The highest BCUT2D eigenvalue weighted by molar-refractivity contribution is 5.74. The molecular formula is C14H27N5O2. The van der Waals surface area contributed by atoms with E-state index < -0.39 is 0 Å². The topological polar surface area (TPSA) is 71.4 Å². The van der Waals surface area contributed by atoms with E-state index in [4.69, 9.17) is 4.74 Å². The Bertz CT molecular complexity index is 433. The molecule has 2 amide bonds. The SMILES string of the molecule is COCC[C@@H](C)NC(=O)NC[C@H](c1cnn(C)c1)N(C)C. The molecule has 0 spiro atoms. The van der Waals surface area contributed by atoms with Crippen LogP contribution < -0.4 is 10.6 Å². The quantitative estimate of drug-likeness (QED) is 0.743. The molecule has 0 aliphatic rings. The number of hydrogen-bond acceptors (Lipinski definition) is 4. The summed E-state index contributed by atoms with van der Waals surface area (Å²) in [5.41, 5.74) is 1.08. The van der Waals surface area contributed by atoms with Crippen LogP contribution in [0.1, 0.15) is 24.9 Å². The Morgan fingerprint density at radius 1 is 1.52 bits per heavy atom. The van der Waals surface area contributed by atoms with Gasteiger partial charge in [-0.25, -0.2) is 4.79 Å². The molecule has 2 N–H and O–H groups in total. The maximum absolute atomic E-state index is 11.9. The number of nitrogens with one attached hydrogen (secondary N) is 2. The molecule has 0 aromatic carbocycles. The number of nitrogens with zero attached hydrogens (tertiary/aromatic N) is 3. The first-order valence-electron chi connectivity index (χ1n) is 7.12. The molecule has 7 nitrogen and oxygen atoms in total. The second-order valence-electron chi connectivity index (χ2n) is 5.46. The van der Waals surface area contributed by atoms with Crippen LogP contribution in [0.4, 0.5) is 4.79 Å². The van der Waals surface area contributed by atoms with Crippen molar-refractivity contribution in [2.24, 2.45) is 7.05 Å². The Kier molecular flexibility index (Phi) is 7.18. The van der Waals surface area contributed by atoms with Crippen LogP contribution in [0.5, 0.6) is 0 Å². The molecule has 1 heterocycles. The van der Waals surface area contributed by atoms with E-state index in [2.05, 4.69) is 20.6 Å². The second-order valence-corrected chi connectivity index (χ2v) is 5.46. The molecule has 120 valence electrons. The molecule has 0 saturated carbocycles. The molecule has 0 saturated heterocycles. The van der Waals surface area contributed by atoms with Crippen molar-refractivity contribution in [1.29, 1.82) is 0 Å². The fraction of sp³-hybridized carbons (Fsp3) is 0.714. The summed E-state index contributed by atoms with van der Waals surface area (Å²) < 4.78 is 6.76. The van der Waals surface area contributed by atoms with Gasteiger partial charge in [0.1, 0.15) is 0 Å². The maximum atomic E-state index is 11.9. The molecule has 7 heteroatoms. The number of carbonyl (C=O) groups excluding carboxylic acids is 1. The molecule has 0 fully saturated rings. The van der Waals surface area contributed by atoms with Gasteiger partial charge in [0.2, 0.25) is 0 Å². The first kappa shape index (κ1) is 17.5. The van der Waals surface area contributed by atoms with Gasteiger partial charge in [-0.2, -0.15) is 5.10 Å². The highest BCUT2D eigenvalue weighted by Gasteiger charge is 2.17. The van der Waals surface area contributed by atoms with Crippen molar-refractivity contribution >= 4 is 6.03 Å². The third-order valence-corrected chi connectivity index (χ3v) is 3.32. The average Bonchev–Trinajstić information content (AvgIpc) is 2.82. The smallest absolute Gasteiger partial charge is 0.315 e. The lowest BCUT2D eigenvalue weighted by Crippen LogP contribution is -2.44. The summed E-state index contributed by atoms with van der Waals surface area (Å²) in [5.74, 6) is 0. The summed E-state index contributed by atoms with van der Waals surface area (Å²) >= 11 is 0. The predicted molar refractivity (Wildman–Crippen MR) is 82.1 cm³/mol. The number of methoxy groups -OCH3 is 1. The lowest BCUT2D eigenvalue weighted by atomic mass is 10.1. The lowest BCUT2D eigenvalue weighted by molar-refractivity contribution is 0.183. The average molecular weight is 297 g/mol. The van der Waals surface area contributed by atoms with E-state index in [-0.39, 0.29) is 18.1 Å². The fourth-order valence-electron chi connectivity index (χ4n) is 2.04. The van der Waals surface area contributed by atoms with E-state index in [1.165, 1.54) is 0 Å². The van der Waals surface area contributed by atoms with Gasteiger partial charge in [-0.3, -0.25) is 4.68 Å². The predicted octanol–water partition coefficient (Wildman–Crippen LogP) is 0.747. The first-order valence-corrected chi connectivity index (χ1v) is 7.12. The Balaban J connectivity index is 2.45. The van der Waals surface area contributed by atoms with E-state index >= 15 is 0 Å². The molecule has 0 radical (unpaired) electrons. The standard InChI is InChI=1S/C14H27N5O2/c1-11(6-7-21-5)17-14(20)15-9-13(18(2)3)12-8-16-19(4)10-12/h8,10-11,13H,6-7,9H2,1-5H3,(H2,15,17,20)/t11-,13-/m1/s1. The number of carbonyl (C=O) groups is 1. The Labute approximate surface area is 126 Å². The van der Waals surface area contributed by atoms with Crippen LogP contribution in [0.25, 0.3) is 0 Å². The van der Waals surface area contributed by atoms with Gasteiger partial charge in [0.25, 0.3) is 0 Å². The fourth-order valence-corrected chi connectivity index (χ4v) is 2.04. The minimum atomic E-state index is -0.158. The molecule has 21 heavy (non-hydrogen) atoms. The number of hydrogen-bond donors (Lipinski definition) is 2. The summed E-state index contributed by atoms with van der Waals surface area (Å²) in [6, 6.07) is 0.0224. The highest BCUT2D eigenvalue weighted by atomic mass is 16.5. The van der Waals surface area contributed by atoms with Gasteiger partial charge in [0.05, 0.1) is 12.2 Å². The minimum absolute atomic E-state index is 0.0844. The molecule has 1 rings (SSSR count). The molecular weight excluding hydrogens is 270 g/mol. The number of urea groups is 1. The zero-order valence-corrected chi connectivity index (χ0v) is 13.6. The molecule has 0 aliphatic heterocycles. The van der Waals surface area contributed by atoms with Crippen molar-refractivity contribution in [3.8, 4) is 0 Å². The summed E-state index contributed by atoms with van der Waals surface area (Å²) in [4.78, 5) is 13.9. The van der Waals surface area contributed by atoms with Gasteiger partial charge >= 0.3 is 6.03 Å². The third kappa shape index (κ3) is 6.14. The van der Waals surface area contributed by atoms with E-state index in [0.29, 0.717) is 13.2 Å². The Morgan fingerprint density at radius 3 is 2.76 bits per heavy atom. The third-order valence-electron chi connectivity index (χ3n) is 3.32. The molecule has 2 atom stereocenters. The van der Waals surface area contributed by atoms with Gasteiger partial charge < -0.3 is 20.3 Å². The number of aromatic nitrogens is 2. The van der Waals surface area contributed by atoms with Crippen LogP contribution in [0, 0.1) is 0 Å². The van der Waals surface area contributed by atoms with Gasteiger partial charge in [0.15, 0.2) is 0 Å². The summed E-state index contributed by atoms with van der Waals surface area (Å²) in [6.45, 7) is 3.13. The number of aryl methyl sites for hydroxylation is 1. The summed E-state index contributed by atoms with van der Waals surface area (Å²) in [7, 11) is 7.51. The summed E-state index contributed by atoms with van der Waals surface area (Å²) in [6.07, 6.45) is 4.58. The molecule has 0 bridgehead atoms. The van der Waals surface area contributed by atoms with Crippen molar-refractivity contribution in [3.63, 3.8) is 0 Å². The van der Waals surface area contributed by atoms with Crippen LogP contribution in [-0.4, -0.2) is 61.1 Å². The largest absolute Gasteiger partial charge is 0.385 e. The zero-order valence-electron chi connectivity index (χ0n) is 13.6. The van der Waals surface area contributed by atoms with E-state index in [1.807, 2.05) is 40.5 Å². The van der Waals surface area contributed by atoms with Crippen LogP contribution in [0.15, 0.2) is 12.4 Å². The van der Waals surface area contributed by atoms with Crippen LogP contribution in [0.2, 0.25) is 0 Å². The first-order chi connectivity index (χ1) is 9.93. The maximum Gasteiger partial charge on any atom is 0.315 e. The van der Waals surface area contributed by atoms with Crippen molar-refractivity contribution in [2.45, 2.75) is 25.4 Å². The number of likely N-dealkylation sites (N-methyl/N-ethyl adjacent to an activating group) is 1. The monoisotopic (exact) mass is 297 g/mol. The van der Waals surface area contributed by atoms with Crippen LogP contribution in [0.3, 0.4) is 0 Å². The Hall–Kier alpha value is -1.60. The zero-order chi connectivity index (χ0) is 15.8. The second kappa shape index (κ2) is 8.63. The highest BCUT2D eigenvalue weighted by Crippen LogP contribution is 2.15. The van der Waals surface area contributed by atoms with Crippen molar-refractivity contribution in [1.82, 2.24) is 25.3 Å². The van der Waals surface area contributed by atoms with Crippen molar-refractivity contribution in [2.75, 3.05) is 34.4 Å². The van der Waals surface area contributed by atoms with Crippen LogP contribution in [-0.2, 0) is 11.8 Å². The van der Waals surface area contributed by atoms with Crippen molar-refractivity contribution in [3.05, 3.63) is 18.0 Å². The molecule has 1 aromatic rings. The van der Waals surface area contributed by atoms with Gasteiger partial charge in [-0.1, -0.05) is 0 Å². The van der Waals surface area contributed by atoms with Crippen LogP contribution >= 0.6 is 0 Å². The van der Waals surface area contributed by atoms with Gasteiger partial charge in [0, 0.05) is 45.1 Å². The van der Waals surface area contributed by atoms with Gasteiger partial charge in [-0.15, -0.1) is 0 Å². The Morgan fingerprint density at radius 2 is 2.24 bits per heavy atom. The number of rotatable bonds is 8. The van der Waals surface area contributed by atoms with E-state index in [0.717, 1.165) is 12.0 Å². The molecule has 0 unspecified atom stereocenters. The minimum Gasteiger partial charge on any atom is -0.385 e. The lowest BCUT2D eigenvalue weighted by Gasteiger charge is -2.24. The van der Waals surface area contributed by atoms with E-state index in [1.54, 1.807) is 11.8 Å². The number of ether oxygens (including phenoxy) is 1. The molecule has 1 aromatic heterocycles. The van der Waals surface area contributed by atoms with Gasteiger partial charge in [-0.05, 0) is 27.4 Å². The van der Waals surface area contributed by atoms with Crippen molar-refractivity contribution < 1.29 is 9.53 Å².